The summed E-state index contributed by atoms with van der Waals surface area (Å²) in [5.74, 6) is -0.959. The zero-order valence-electron chi connectivity index (χ0n) is 39.5. The minimum absolute atomic E-state index is 0.0930. The normalized spacial score (nSPS) is 12.5. The molecule has 0 aliphatic heterocycles. The Balaban J connectivity index is 4.45. The Hall–Kier alpha value is -2.89. The van der Waals surface area contributed by atoms with Crippen molar-refractivity contribution in [2.75, 3.05) is 13.2 Å². The first-order valence-electron chi connectivity index (χ1n) is 25.3. The van der Waals surface area contributed by atoms with Gasteiger partial charge in [0.2, 0.25) is 0 Å². The van der Waals surface area contributed by atoms with E-state index in [-0.39, 0.29) is 37.5 Å². The van der Waals surface area contributed by atoms with E-state index in [1.807, 2.05) is 0 Å². The molecule has 0 spiro atoms. The number of unbranched alkanes of at least 4 members (excludes halogenated alkanes) is 24. The largest absolute Gasteiger partial charge is 0.462 e. The molecule has 0 N–H and O–H groups in total. The van der Waals surface area contributed by atoms with Gasteiger partial charge in [-0.1, -0.05) is 204 Å². The fourth-order valence-corrected chi connectivity index (χ4v) is 6.90. The average molecular weight is 839 g/mol. The minimum Gasteiger partial charge on any atom is -0.462 e. The first kappa shape index (κ1) is 57.1. The number of ether oxygens (including phenoxy) is 3. The van der Waals surface area contributed by atoms with Crippen LogP contribution in [0.2, 0.25) is 0 Å². The highest BCUT2D eigenvalue weighted by Crippen LogP contribution is 2.14. The molecule has 0 fully saturated rings. The molecule has 6 heteroatoms. The van der Waals surface area contributed by atoms with Gasteiger partial charge in [0.1, 0.15) is 13.2 Å². The summed E-state index contributed by atoms with van der Waals surface area (Å²) >= 11 is 0. The van der Waals surface area contributed by atoms with Crippen LogP contribution in [0, 0.1) is 0 Å². The Bertz CT molecular complexity index is 1100. The van der Waals surface area contributed by atoms with E-state index >= 15 is 0 Å². The summed E-state index contributed by atoms with van der Waals surface area (Å²) in [4.78, 5) is 37.8. The van der Waals surface area contributed by atoms with Crippen molar-refractivity contribution in [1.29, 1.82) is 0 Å². The summed E-state index contributed by atoms with van der Waals surface area (Å²) < 4.78 is 16.7. The summed E-state index contributed by atoms with van der Waals surface area (Å²) in [7, 11) is 0. The third kappa shape index (κ3) is 46.2. The van der Waals surface area contributed by atoms with E-state index in [9.17, 15) is 14.4 Å². The van der Waals surface area contributed by atoms with Crippen LogP contribution in [0.1, 0.15) is 245 Å². The van der Waals surface area contributed by atoms with Crippen LogP contribution in [0.15, 0.2) is 60.8 Å². The molecule has 0 aliphatic rings. The second-order valence-corrected chi connectivity index (χ2v) is 16.7. The molecule has 0 aliphatic carbocycles. The van der Waals surface area contributed by atoms with Crippen molar-refractivity contribution < 1.29 is 28.6 Å². The van der Waals surface area contributed by atoms with Crippen molar-refractivity contribution in [3.05, 3.63) is 60.8 Å². The molecule has 0 aromatic carbocycles. The Morgan fingerprint density at radius 3 is 1.05 bits per heavy atom. The van der Waals surface area contributed by atoms with Crippen molar-refractivity contribution in [2.45, 2.75) is 252 Å². The fourth-order valence-electron chi connectivity index (χ4n) is 6.90. The Morgan fingerprint density at radius 1 is 0.333 bits per heavy atom. The van der Waals surface area contributed by atoms with Gasteiger partial charge in [0.25, 0.3) is 0 Å². The van der Waals surface area contributed by atoms with Gasteiger partial charge in [-0.25, -0.2) is 0 Å². The lowest BCUT2D eigenvalue weighted by Crippen LogP contribution is -2.30. The molecule has 1 atom stereocenters. The van der Waals surface area contributed by atoms with Crippen LogP contribution < -0.4 is 0 Å². The monoisotopic (exact) mass is 839 g/mol. The molecule has 60 heavy (non-hydrogen) atoms. The molecule has 346 valence electrons. The maximum Gasteiger partial charge on any atom is 0.306 e. The summed E-state index contributed by atoms with van der Waals surface area (Å²) in [6.45, 7) is 6.54. The fraction of sp³-hybridized carbons (Fsp3) is 0.759. The maximum absolute atomic E-state index is 12.8. The van der Waals surface area contributed by atoms with E-state index < -0.39 is 6.10 Å². The molecule has 0 aromatic rings. The highest BCUT2D eigenvalue weighted by molar-refractivity contribution is 5.71. The smallest absolute Gasteiger partial charge is 0.306 e. The van der Waals surface area contributed by atoms with E-state index in [2.05, 4.69) is 81.5 Å². The van der Waals surface area contributed by atoms with Crippen molar-refractivity contribution in [3.8, 4) is 0 Å². The van der Waals surface area contributed by atoms with E-state index in [1.54, 1.807) is 0 Å². The summed E-state index contributed by atoms with van der Waals surface area (Å²) in [5.41, 5.74) is 0. The lowest BCUT2D eigenvalue weighted by molar-refractivity contribution is -0.167. The molecule has 0 saturated carbocycles. The van der Waals surface area contributed by atoms with Gasteiger partial charge in [0, 0.05) is 19.3 Å². The highest BCUT2D eigenvalue weighted by atomic mass is 16.6. The van der Waals surface area contributed by atoms with Gasteiger partial charge in [-0.2, -0.15) is 0 Å². The zero-order chi connectivity index (χ0) is 43.7. The van der Waals surface area contributed by atoms with Gasteiger partial charge in [-0.15, -0.1) is 0 Å². The van der Waals surface area contributed by atoms with Gasteiger partial charge in [0.15, 0.2) is 6.10 Å². The van der Waals surface area contributed by atoms with Gasteiger partial charge >= 0.3 is 17.9 Å². The standard InChI is InChI=1S/C54H94O6/c1-4-7-10-13-16-19-22-24-26-27-29-30-32-35-38-41-44-47-53(56)59-50-51(49-58-52(55)46-43-40-37-34-21-18-15-12-9-6-3)60-54(57)48-45-42-39-36-33-31-28-25-23-20-17-14-11-8-5-2/h16,19,24-26,28-30,35,38,51H,4-15,17-18,20-23,27,31-34,36-37,39-50H2,1-3H3/b19-16-,26-24-,28-25-,30-29-,38-35-/t51-/m1/s1. The number of hydrogen-bond donors (Lipinski definition) is 0. The molecule has 0 radical (unpaired) electrons. The number of allylic oxidation sites excluding steroid dienone is 10. The zero-order valence-corrected chi connectivity index (χ0v) is 39.5. The molecule has 0 unspecified atom stereocenters. The van der Waals surface area contributed by atoms with Crippen LogP contribution in [0.25, 0.3) is 0 Å². The summed E-state index contributed by atoms with van der Waals surface area (Å²) in [5, 5.41) is 0. The number of hydrogen-bond acceptors (Lipinski definition) is 6. The average Bonchev–Trinajstić information content (AvgIpc) is 3.24. The van der Waals surface area contributed by atoms with Crippen LogP contribution >= 0.6 is 0 Å². The van der Waals surface area contributed by atoms with Crippen molar-refractivity contribution in [1.82, 2.24) is 0 Å². The second-order valence-electron chi connectivity index (χ2n) is 16.7. The second kappa shape index (κ2) is 48.8. The van der Waals surface area contributed by atoms with Gasteiger partial charge in [0.05, 0.1) is 0 Å². The van der Waals surface area contributed by atoms with Gasteiger partial charge in [-0.3, -0.25) is 14.4 Å². The van der Waals surface area contributed by atoms with Crippen LogP contribution in [0.4, 0.5) is 0 Å². The Labute approximate surface area is 370 Å². The number of carbonyl (C=O) groups is 3. The molecule has 0 amide bonds. The van der Waals surface area contributed by atoms with E-state index in [0.717, 1.165) is 77.0 Å². The molecular weight excluding hydrogens is 745 g/mol. The molecule has 0 aromatic heterocycles. The molecule has 0 rings (SSSR count). The minimum atomic E-state index is -0.797. The molecule has 6 nitrogen and oxygen atoms in total. The third-order valence-corrected chi connectivity index (χ3v) is 10.7. The molecular formula is C54H94O6. The van der Waals surface area contributed by atoms with Crippen LogP contribution in [0.3, 0.4) is 0 Å². The van der Waals surface area contributed by atoms with Crippen molar-refractivity contribution in [3.63, 3.8) is 0 Å². The topological polar surface area (TPSA) is 78.9 Å². The van der Waals surface area contributed by atoms with Crippen molar-refractivity contribution in [2.24, 2.45) is 0 Å². The maximum atomic E-state index is 12.8. The van der Waals surface area contributed by atoms with Gasteiger partial charge in [-0.05, 0) is 83.5 Å². The quantitative estimate of drug-likeness (QED) is 0.0263. The Morgan fingerprint density at radius 2 is 0.617 bits per heavy atom. The van der Waals surface area contributed by atoms with Crippen LogP contribution in [-0.2, 0) is 28.6 Å². The summed E-state index contributed by atoms with van der Waals surface area (Å²) in [6, 6.07) is 0. The Kier molecular flexibility index (Phi) is 46.4. The number of esters is 3. The van der Waals surface area contributed by atoms with E-state index in [1.165, 1.54) is 122 Å². The molecule has 0 bridgehead atoms. The molecule has 0 saturated heterocycles. The lowest BCUT2D eigenvalue weighted by Gasteiger charge is -2.18. The predicted molar refractivity (Wildman–Crippen MR) is 256 cm³/mol. The highest BCUT2D eigenvalue weighted by Gasteiger charge is 2.19. The first-order valence-corrected chi connectivity index (χ1v) is 25.3. The number of rotatable bonds is 45. The third-order valence-electron chi connectivity index (χ3n) is 10.7. The van der Waals surface area contributed by atoms with E-state index in [4.69, 9.17) is 14.2 Å². The van der Waals surface area contributed by atoms with Crippen molar-refractivity contribution >= 4 is 17.9 Å². The SMILES string of the molecule is CCCCC/C=C\C/C=C\C/C=C\C/C=C\CCCC(=O)OC[C@@H](COC(=O)CCCCCCCCCCCC)OC(=O)CCCCCCC/C=C\CCCCCCCC. The predicted octanol–water partition coefficient (Wildman–Crippen LogP) is 16.5. The summed E-state index contributed by atoms with van der Waals surface area (Å²) in [6.07, 6.45) is 59.2. The van der Waals surface area contributed by atoms with Crippen LogP contribution in [0.5, 0.6) is 0 Å². The molecule has 0 heterocycles. The number of carbonyl (C=O) groups excluding carboxylic acids is 3. The van der Waals surface area contributed by atoms with E-state index in [0.29, 0.717) is 19.3 Å². The van der Waals surface area contributed by atoms with Gasteiger partial charge < -0.3 is 14.2 Å². The lowest BCUT2D eigenvalue weighted by atomic mass is 10.1. The van der Waals surface area contributed by atoms with Crippen LogP contribution in [-0.4, -0.2) is 37.2 Å². The first-order chi connectivity index (χ1) is 29.5.